The van der Waals surface area contributed by atoms with Crippen LogP contribution in [0, 0.1) is 6.92 Å². The van der Waals surface area contributed by atoms with Crippen molar-refractivity contribution in [2.75, 3.05) is 13.1 Å². The second-order valence-electron chi connectivity index (χ2n) is 5.48. The average Bonchev–Trinajstić information content (AvgIpc) is 2.83. The molecule has 5 heteroatoms. The molecule has 2 heterocycles. The molecule has 1 amide bonds. The molecule has 0 atom stereocenters. The number of benzene rings is 1. The summed E-state index contributed by atoms with van der Waals surface area (Å²) in [5, 5.41) is 7.90. The van der Waals surface area contributed by atoms with E-state index in [-0.39, 0.29) is 11.8 Å². The molecule has 0 aliphatic carbocycles. The van der Waals surface area contributed by atoms with E-state index in [2.05, 4.69) is 10.2 Å². The molecule has 0 bridgehead atoms. The molecule has 1 aliphatic rings. The van der Waals surface area contributed by atoms with E-state index >= 15 is 0 Å². The highest BCUT2D eigenvalue weighted by molar-refractivity contribution is 5.89. The summed E-state index contributed by atoms with van der Waals surface area (Å²) in [5.74, 6) is 0.336. The summed E-state index contributed by atoms with van der Waals surface area (Å²) in [6.45, 7) is 3.58. The van der Waals surface area contributed by atoms with Gasteiger partial charge in [0.1, 0.15) is 0 Å². The number of aromatic nitrogens is 2. The summed E-state index contributed by atoms with van der Waals surface area (Å²) in [6, 6.07) is 7.80. The molecule has 1 saturated heterocycles. The average molecular weight is 285 g/mol. The van der Waals surface area contributed by atoms with Crippen LogP contribution in [-0.2, 0) is 0 Å². The second kappa shape index (κ2) is 6.08. The first kappa shape index (κ1) is 13.8. The smallest absolute Gasteiger partial charge is 0.311 e. The van der Waals surface area contributed by atoms with E-state index in [9.17, 15) is 4.79 Å². The number of carbonyl (C=O) groups excluding carboxylic acids is 1. The minimum atomic E-state index is -0.150. The third-order valence-corrected chi connectivity index (χ3v) is 3.80. The first-order chi connectivity index (χ1) is 10.2. The van der Waals surface area contributed by atoms with Gasteiger partial charge in [-0.05, 0) is 31.9 Å². The molecule has 5 nitrogen and oxygen atoms in total. The Hall–Kier alpha value is -2.17. The van der Waals surface area contributed by atoms with Gasteiger partial charge in [0.25, 0.3) is 0 Å². The highest BCUT2D eigenvalue weighted by Gasteiger charge is 2.23. The molecule has 1 aromatic heterocycles. The number of nitrogens with zero attached hydrogens (tertiary/aromatic N) is 3. The number of hydrogen-bond acceptors (Lipinski definition) is 4. The number of amides is 1. The van der Waals surface area contributed by atoms with Crippen LogP contribution in [0.5, 0.6) is 0 Å². The Bertz CT molecular complexity index is 611. The lowest BCUT2D eigenvalue weighted by atomic mass is 10.1. The summed E-state index contributed by atoms with van der Waals surface area (Å²) in [7, 11) is 0. The lowest BCUT2D eigenvalue weighted by molar-refractivity contribution is 0.0722. The van der Waals surface area contributed by atoms with Gasteiger partial charge in [-0.15, -0.1) is 10.2 Å². The van der Waals surface area contributed by atoms with Crippen molar-refractivity contribution < 1.29 is 9.21 Å². The highest BCUT2D eigenvalue weighted by atomic mass is 16.4. The third-order valence-electron chi connectivity index (χ3n) is 3.80. The predicted octanol–water partition coefficient (Wildman–Crippen LogP) is 3.06. The maximum Gasteiger partial charge on any atom is 0.311 e. The Labute approximate surface area is 124 Å². The molecule has 2 aromatic rings. The van der Waals surface area contributed by atoms with Crippen molar-refractivity contribution in [3.8, 4) is 11.5 Å². The molecule has 110 valence electrons. The standard InChI is InChI=1S/C16H19N3O2/c1-12-6-8-13(9-7-12)14-17-18-15(21-14)16(20)19-10-4-2-3-5-11-19/h6-9H,2-5,10-11H2,1H3. The molecule has 0 spiro atoms. The fourth-order valence-electron chi connectivity index (χ4n) is 2.53. The van der Waals surface area contributed by atoms with Gasteiger partial charge in [-0.3, -0.25) is 4.79 Å². The number of rotatable bonds is 2. The molecule has 1 aromatic carbocycles. The molecule has 3 rings (SSSR count). The molecular weight excluding hydrogens is 266 g/mol. The zero-order chi connectivity index (χ0) is 14.7. The van der Waals surface area contributed by atoms with Crippen molar-refractivity contribution in [1.29, 1.82) is 0 Å². The fourth-order valence-corrected chi connectivity index (χ4v) is 2.53. The summed E-state index contributed by atoms with van der Waals surface area (Å²) in [4.78, 5) is 14.2. The molecule has 21 heavy (non-hydrogen) atoms. The van der Waals surface area contributed by atoms with E-state index in [1.807, 2.05) is 36.1 Å². The van der Waals surface area contributed by atoms with Crippen molar-refractivity contribution in [2.24, 2.45) is 0 Å². The van der Waals surface area contributed by atoms with Crippen LogP contribution >= 0.6 is 0 Å². The number of carbonyl (C=O) groups is 1. The summed E-state index contributed by atoms with van der Waals surface area (Å²) in [5.41, 5.74) is 2.00. The van der Waals surface area contributed by atoms with Crippen molar-refractivity contribution in [2.45, 2.75) is 32.6 Å². The quantitative estimate of drug-likeness (QED) is 0.851. The van der Waals surface area contributed by atoms with Gasteiger partial charge in [0.15, 0.2) is 0 Å². The number of hydrogen-bond donors (Lipinski definition) is 0. The largest absolute Gasteiger partial charge is 0.412 e. The maximum atomic E-state index is 12.4. The van der Waals surface area contributed by atoms with Gasteiger partial charge in [0.2, 0.25) is 5.89 Å². The second-order valence-corrected chi connectivity index (χ2v) is 5.48. The minimum absolute atomic E-state index is 0.0903. The van der Waals surface area contributed by atoms with E-state index in [0.717, 1.165) is 31.5 Å². The highest BCUT2D eigenvalue weighted by Crippen LogP contribution is 2.19. The van der Waals surface area contributed by atoms with Gasteiger partial charge < -0.3 is 9.32 Å². The Morgan fingerprint density at radius 3 is 2.38 bits per heavy atom. The van der Waals surface area contributed by atoms with E-state index < -0.39 is 0 Å². The molecule has 1 fully saturated rings. The fraction of sp³-hybridized carbons (Fsp3) is 0.438. The lowest BCUT2D eigenvalue weighted by Gasteiger charge is -2.17. The van der Waals surface area contributed by atoms with Crippen LogP contribution in [0.25, 0.3) is 11.5 Å². The van der Waals surface area contributed by atoms with Gasteiger partial charge in [-0.25, -0.2) is 0 Å². The van der Waals surface area contributed by atoms with E-state index in [0.29, 0.717) is 5.89 Å². The normalized spacial score (nSPS) is 15.8. The molecular formula is C16H19N3O2. The van der Waals surface area contributed by atoms with Gasteiger partial charge in [0.05, 0.1) is 0 Å². The summed E-state index contributed by atoms with van der Waals surface area (Å²) in [6.07, 6.45) is 4.46. The van der Waals surface area contributed by atoms with Gasteiger partial charge >= 0.3 is 11.8 Å². The first-order valence-electron chi connectivity index (χ1n) is 7.44. The Morgan fingerprint density at radius 2 is 1.71 bits per heavy atom. The minimum Gasteiger partial charge on any atom is -0.412 e. The van der Waals surface area contributed by atoms with Crippen molar-refractivity contribution in [3.63, 3.8) is 0 Å². The van der Waals surface area contributed by atoms with E-state index in [4.69, 9.17) is 4.42 Å². The van der Waals surface area contributed by atoms with Gasteiger partial charge in [0, 0.05) is 18.7 Å². The molecule has 1 aliphatic heterocycles. The zero-order valence-corrected chi connectivity index (χ0v) is 12.2. The summed E-state index contributed by atoms with van der Waals surface area (Å²) < 4.78 is 5.55. The van der Waals surface area contributed by atoms with E-state index in [1.54, 1.807) is 0 Å². The van der Waals surface area contributed by atoms with Crippen molar-refractivity contribution in [1.82, 2.24) is 15.1 Å². The summed E-state index contributed by atoms with van der Waals surface area (Å²) >= 11 is 0. The lowest BCUT2D eigenvalue weighted by Crippen LogP contribution is -2.32. The Kier molecular flexibility index (Phi) is 3.99. The van der Waals surface area contributed by atoms with Crippen LogP contribution in [-0.4, -0.2) is 34.1 Å². The third kappa shape index (κ3) is 3.12. The van der Waals surface area contributed by atoms with Crippen molar-refractivity contribution >= 4 is 5.91 Å². The predicted molar refractivity (Wildman–Crippen MR) is 78.8 cm³/mol. The monoisotopic (exact) mass is 285 g/mol. The maximum absolute atomic E-state index is 12.4. The van der Waals surface area contributed by atoms with Gasteiger partial charge in [-0.2, -0.15) is 0 Å². The van der Waals surface area contributed by atoms with Crippen LogP contribution < -0.4 is 0 Å². The first-order valence-corrected chi connectivity index (χ1v) is 7.44. The molecule has 0 N–H and O–H groups in total. The van der Waals surface area contributed by atoms with Crippen LogP contribution in [0.4, 0.5) is 0 Å². The number of likely N-dealkylation sites (tertiary alicyclic amines) is 1. The zero-order valence-electron chi connectivity index (χ0n) is 12.2. The van der Waals surface area contributed by atoms with Crippen LogP contribution in [0.3, 0.4) is 0 Å². The van der Waals surface area contributed by atoms with E-state index in [1.165, 1.54) is 18.4 Å². The molecule has 0 unspecified atom stereocenters. The molecule has 0 saturated carbocycles. The van der Waals surface area contributed by atoms with Crippen LogP contribution in [0.2, 0.25) is 0 Å². The van der Waals surface area contributed by atoms with Gasteiger partial charge in [-0.1, -0.05) is 30.5 Å². The van der Waals surface area contributed by atoms with Crippen LogP contribution in [0.15, 0.2) is 28.7 Å². The van der Waals surface area contributed by atoms with Crippen molar-refractivity contribution in [3.05, 3.63) is 35.7 Å². The Balaban J connectivity index is 1.77. The Morgan fingerprint density at radius 1 is 1.05 bits per heavy atom. The SMILES string of the molecule is Cc1ccc(-c2nnc(C(=O)N3CCCCCC3)o2)cc1. The molecule has 0 radical (unpaired) electrons. The topological polar surface area (TPSA) is 59.2 Å². The van der Waals surface area contributed by atoms with Crippen LogP contribution in [0.1, 0.15) is 41.9 Å². The number of aryl methyl sites for hydroxylation is 1.